The zero-order valence-electron chi connectivity index (χ0n) is 7.91. The molecule has 16 heavy (non-hydrogen) atoms. The zero-order chi connectivity index (χ0) is 12.3. The minimum absolute atomic E-state index is 0.0741. The molecule has 0 fully saturated rings. The second-order valence-corrected chi connectivity index (χ2v) is 2.94. The number of anilines is 1. The third-order valence-electron chi connectivity index (χ3n) is 1.66. The Bertz CT molecular complexity index is 403. The summed E-state index contributed by atoms with van der Waals surface area (Å²) in [6, 6.07) is 2.88. The topological polar surface area (TPSA) is 72.5 Å². The van der Waals surface area contributed by atoms with Crippen LogP contribution < -0.4 is 10.5 Å². The maximum atomic E-state index is 12.5. The van der Waals surface area contributed by atoms with E-state index in [0.717, 1.165) is 6.07 Å². The lowest BCUT2D eigenvalue weighted by molar-refractivity contribution is -0.143. The van der Waals surface area contributed by atoms with E-state index < -0.39 is 30.1 Å². The maximum Gasteiger partial charge on any atom is 0.420 e. The van der Waals surface area contributed by atoms with Gasteiger partial charge in [-0.2, -0.15) is 13.2 Å². The number of carboxylic acid groups (broad SMARTS) is 1. The smallest absolute Gasteiger partial charge is 0.420 e. The van der Waals surface area contributed by atoms with Crippen molar-refractivity contribution in [2.45, 2.75) is 6.18 Å². The standard InChI is InChI=1S/C9H8F3NO3/c10-9(11,12)6-3-5(13)1-2-7(6)16-4-8(14)15/h1-3H,4,13H2,(H,14,15). The maximum absolute atomic E-state index is 12.5. The SMILES string of the molecule is Nc1ccc(OCC(=O)O)c(C(F)(F)F)c1. The van der Waals surface area contributed by atoms with Gasteiger partial charge >= 0.3 is 12.1 Å². The molecule has 3 N–H and O–H groups in total. The van der Waals surface area contributed by atoms with E-state index in [1.807, 2.05) is 0 Å². The predicted octanol–water partition coefficient (Wildman–Crippen LogP) is 1.75. The predicted molar refractivity (Wildman–Crippen MR) is 49.0 cm³/mol. The number of hydrogen-bond donors (Lipinski definition) is 2. The Labute approximate surface area is 88.4 Å². The highest BCUT2D eigenvalue weighted by Gasteiger charge is 2.34. The molecule has 0 amide bonds. The number of alkyl halides is 3. The lowest BCUT2D eigenvalue weighted by atomic mass is 10.1. The van der Waals surface area contributed by atoms with Gasteiger partial charge in [0.15, 0.2) is 6.61 Å². The van der Waals surface area contributed by atoms with Gasteiger partial charge in [-0.25, -0.2) is 4.79 Å². The molecule has 0 radical (unpaired) electrons. The van der Waals surface area contributed by atoms with Crippen LogP contribution in [0.4, 0.5) is 18.9 Å². The van der Waals surface area contributed by atoms with Crippen molar-refractivity contribution >= 4 is 11.7 Å². The quantitative estimate of drug-likeness (QED) is 0.783. The Morgan fingerprint density at radius 1 is 1.44 bits per heavy atom. The van der Waals surface area contributed by atoms with E-state index in [0.29, 0.717) is 6.07 Å². The van der Waals surface area contributed by atoms with Crippen LogP contribution in [0.25, 0.3) is 0 Å². The summed E-state index contributed by atoms with van der Waals surface area (Å²) < 4.78 is 41.9. The molecule has 0 aliphatic heterocycles. The molecule has 1 aromatic carbocycles. The average Bonchev–Trinajstić information content (AvgIpc) is 2.14. The normalized spacial score (nSPS) is 11.2. The molecule has 0 bridgehead atoms. The second kappa shape index (κ2) is 4.30. The molecule has 0 unspecified atom stereocenters. The monoisotopic (exact) mass is 235 g/mol. The van der Waals surface area contributed by atoms with E-state index in [1.165, 1.54) is 6.07 Å². The van der Waals surface area contributed by atoms with Gasteiger partial charge in [-0.1, -0.05) is 0 Å². The number of hydrogen-bond acceptors (Lipinski definition) is 3. The number of carbonyl (C=O) groups is 1. The lowest BCUT2D eigenvalue weighted by Crippen LogP contribution is -2.14. The Kier molecular flexibility index (Phi) is 3.26. The number of aliphatic carboxylic acids is 1. The van der Waals surface area contributed by atoms with Crippen LogP contribution in [0, 0.1) is 0 Å². The van der Waals surface area contributed by atoms with Crippen LogP contribution in [0.15, 0.2) is 18.2 Å². The Morgan fingerprint density at radius 2 is 2.06 bits per heavy atom. The van der Waals surface area contributed by atoms with Crippen LogP contribution >= 0.6 is 0 Å². The van der Waals surface area contributed by atoms with Gasteiger partial charge in [-0.3, -0.25) is 0 Å². The van der Waals surface area contributed by atoms with Gasteiger partial charge in [0.05, 0.1) is 5.56 Å². The number of carboxylic acids is 1. The van der Waals surface area contributed by atoms with E-state index in [-0.39, 0.29) is 5.69 Å². The number of benzene rings is 1. The summed E-state index contributed by atoms with van der Waals surface area (Å²) in [4.78, 5) is 10.2. The number of rotatable bonds is 3. The number of nitrogen functional groups attached to an aromatic ring is 1. The van der Waals surface area contributed by atoms with Crippen molar-refractivity contribution in [1.82, 2.24) is 0 Å². The first-order valence-corrected chi connectivity index (χ1v) is 4.12. The molecule has 1 aromatic rings. The summed E-state index contributed by atoms with van der Waals surface area (Å²) in [5, 5.41) is 8.29. The molecule has 0 aliphatic carbocycles. The highest BCUT2D eigenvalue weighted by Crippen LogP contribution is 2.37. The molecule has 0 saturated carbocycles. The van der Waals surface area contributed by atoms with Gasteiger partial charge < -0.3 is 15.6 Å². The fourth-order valence-electron chi connectivity index (χ4n) is 1.03. The van der Waals surface area contributed by atoms with E-state index in [2.05, 4.69) is 4.74 Å². The fourth-order valence-corrected chi connectivity index (χ4v) is 1.03. The molecular weight excluding hydrogens is 227 g/mol. The van der Waals surface area contributed by atoms with Gasteiger partial charge in [0.25, 0.3) is 0 Å². The van der Waals surface area contributed by atoms with Gasteiger partial charge in [0, 0.05) is 5.69 Å². The van der Waals surface area contributed by atoms with Crippen LogP contribution in [0.1, 0.15) is 5.56 Å². The minimum Gasteiger partial charge on any atom is -0.481 e. The van der Waals surface area contributed by atoms with Crippen LogP contribution in [-0.2, 0) is 11.0 Å². The van der Waals surface area contributed by atoms with E-state index in [4.69, 9.17) is 10.8 Å². The van der Waals surface area contributed by atoms with Crippen molar-refractivity contribution in [3.05, 3.63) is 23.8 Å². The van der Waals surface area contributed by atoms with Crippen molar-refractivity contribution in [1.29, 1.82) is 0 Å². The highest BCUT2D eigenvalue weighted by molar-refractivity contribution is 5.68. The number of nitrogens with two attached hydrogens (primary N) is 1. The fraction of sp³-hybridized carbons (Fsp3) is 0.222. The first-order valence-electron chi connectivity index (χ1n) is 4.12. The summed E-state index contributed by atoms with van der Waals surface area (Å²) in [7, 11) is 0. The summed E-state index contributed by atoms with van der Waals surface area (Å²) in [6.07, 6.45) is -4.64. The molecule has 88 valence electrons. The number of ether oxygens (including phenoxy) is 1. The molecule has 7 heteroatoms. The molecule has 0 spiro atoms. The molecular formula is C9H8F3NO3. The van der Waals surface area contributed by atoms with E-state index in [9.17, 15) is 18.0 Å². The summed E-state index contributed by atoms with van der Waals surface area (Å²) in [5.41, 5.74) is 4.05. The van der Waals surface area contributed by atoms with Crippen LogP contribution in [0.5, 0.6) is 5.75 Å². The summed E-state index contributed by atoms with van der Waals surface area (Å²) in [6.45, 7) is -0.840. The molecule has 0 aromatic heterocycles. The van der Waals surface area contributed by atoms with Gasteiger partial charge in [0.2, 0.25) is 0 Å². The van der Waals surface area contributed by atoms with E-state index >= 15 is 0 Å². The molecule has 0 saturated heterocycles. The highest BCUT2D eigenvalue weighted by atomic mass is 19.4. The second-order valence-electron chi connectivity index (χ2n) is 2.94. The van der Waals surface area contributed by atoms with Crippen molar-refractivity contribution in [2.75, 3.05) is 12.3 Å². The van der Waals surface area contributed by atoms with E-state index in [1.54, 1.807) is 0 Å². The molecule has 0 aliphatic rings. The molecule has 0 atom stereocenters. The van der Waals surface area contributed by atoms with Crippen molar-refractivity contribution in [3.8, 4) is 5.75 Å². The Hall–Kier alpha value is -1.92. The minimum atomic E-state index is -4.64. The number of halogens is 3. The summed E-state index contributed by atoms with van der Waals surface area (Å²) >= 11 is 0. The van der Waals surface area contributed by atoms with Crippen molar-refractivity contribution in [3.63, 3.8) is 0 Å². The third kappa shape index (κ3) is 3.04. The first kappa shape index (κ1) is 12.2. The van der Waals surface area contributed by atoms with Crippen LogP contribution in [0.3, 0.4) is 0 Å². The molecule has 1 rings (SSSR count). The molecule has 4 nitrogen and oxygen atoms in total. The average molecular weight is 235 g/mol. The lowest BCUT2D eigenvalue weighted by Gasteiger charge is -2.13. The van der Waals surface area contributed by atoms with Crippen LogP contribution in [-0.4, -0.2) is 17.7 Å². The Balaban J connectivity index is 3.03. The largest absolute Gasteiger partial charge is 0.481 e. The first-order chi connectivity index (χ1) is 7.30. The summed E-state index contributed by atoms with van der Waals surface area (Å²) in [5.74, 6) is -1.91. The molecule has 0 heterocycles. The van der Waals surface area contributed by atoms with Gasteiger partial charge in [0.1, 0.15) is 5.75 Å². The van der Waals surface area contributed by atoms with Crippen molar-refractivity contribution < 1.29 is 27.8 Å². The van der Waals surface area contributed by atoms with Gasteiger partial charge in [-0.15, -0.1) is 0 Å². The van der Waals surface area contributed by atoms with Crippen molar-refractivity contribution in [2.24, 2.45) is 0 Å². The third-order valence-corrected chi connectivity index (χ3v) is 1.66. The zero-order valence-corrected chi connectivity index (χ0v) is 7.91. The van der Waals surface area contributed by atoms with Gasteiger partial charge in [-0.05, 0) is 18.2 Å². The Morgan fingerprint density at radius 3 is 2.56 bits per heavy atom. The van der Waals surface area contributed by atoms with Crippen LogP contribution in [0.2, 0.25) is 0 Å².